The monoisotopic (exact) mass is 432 g/mol. The molecule has 2 aromatic rings. The zero-order chi connectivity index (χ0) is 21.9. The van der Waals surface area contributed by atoms with Crippen molar-refractivity contribution in [1.82, 2.24) is 9.97 Å². The van der Waals surface area contributed by atoms with Gasteiger partial charge in [0.15, 0.2) is 18.4 Å². The van der Waals surface area contributed by atoms with Crippen LogP contribution in [-0.4, -0.2) is 45.1 Å². The average molecular weight is 433 g/mol. The first kappa shape index (κ1) is 21.5. The molecule has 2 heterocycles. The van der Waals surface area contributed by atoms with Crippen LogP contribution in [0.2, 0.25) is 0 Å². The number of amides is 1. The van der Waals surface area contributed by atoms with E-state index in [0.717, 1.165) is 5.56 Å². The number of esters is 1. The molecule has 1 aliphatic heterocycles. The summed E-state index contributed by atoms with van der Waals surface area (Å²) in [5.74, 6) is -0.610. The van der Waals surface area contributed by atoms with Crippen LogP contribution in [0.3, 0.4) is 0 Å². The zero-order valence-corrected chi connectivity index (χ0v) is 17.6. The van der Waals surface area contributed by atoms with Crippen LogP contribution in [0.5, 0.6) is 0 Å². The summed E-state index contributed by atoms with van der Waals surface area (Å²) in [5.41, 5.74) is 7.24. The molecule has 3 rings (SSSR count). The van der Waals surface area contributed by atoms with Crippen molar-refractivity contribution in [3.8, 4) is 0 Å². The molecule has 11 heteroatoms. The first-order valence-electron chi connectivity index (χ1n) is 9.39. The van der Waals surface area contributed by atoms with Crippen molar-refractivity contribution in [2.45, 2.75) is 32.0 Å². The van der Waals surface area contributed by atoms with Gasteiger partial charge in [0, 0.05) is 19.2 Å². The van der Waals surface area contributed by atoms with Crippen molar-refractivity contribution in [3.05, 3.63) is 35.9 Å². The molecule has 30 heavy (non-hydrogen) atoms. The first-order valence-corrected chi connectivity index (χ1v) is 11.1. The van der Waals surface area contributed by atoms with Gasteiger partial charge in [-0.3, -0.25) is 14.5 Å². The van der Waals surface area contributed by atoms with E-state index in [4.69, 9.17) is 15.3 Å². The molecule has 0 fully saturated rings. The molecular weight excluding hydrogens is 408 g/mol. The predicted octanol–water partition coefficient (Wildman–Crippen LogP) is 1.75. The van der Waals surface area contributed by atoms with E-state index in [1.807, 2.05) is 37.3 Å². The molecule has 0 aliphatic carbocycles. The van der Waals surface area contributed by atoms with Crippen LogP contribution in [-0.2, 0) is 30.6 Å². The maximum Gasteiger partial charge on any atom is 0.304 e. The number of nitrogens with one attached hydrogen (secondary N) is 1. The molecule has 1 aromatic carbocycles. The second-order valence-corrected chi connectivity index (χ2v) is 9.00. The Labute approximate surface area is 175 Å². The summed E-state index contributed by atoms with van der Waals surface area (Å²) in [6, 6.07) is 9.47. The van der Waals surface area contributed by atoms with E-state index < -0.39 is 15.7 Å². The van der Waals surface area contributed by atoms with Gasteiger partial charge in [-0.1, -0.05) is 37.3 Å². The van der Waals surface area contributed by atoms with Crippen LogP contribution >= 0.6 is 0 Å². The van der Waals surface area contributed by atoms with Crippen LogP contribution in [0.25, 0.3) is 0 Å². The molecule has 1 atom stereocenters. The highest BCUT2D eigenvalue weighted by Gasteiger charge is 2.35. The second kappa shape index (κ2) is 8.66. The van der Waals surface area contributed by atoms with Gasteiger partial charge in [0.2, 0.25) is 11.1 Å². The summed E-state index contributed by atoms with van der Waals surface area (Å²) in [5, 5.41) is -0.166. The zero-order valence-electron chi connectivity index (χ0n) is 16.8. The standard InChI is InChI=1S/C19H24N6O4S/c1-3-9-30(21,28)19-22-17(20)16-18(23-19)24(10-14-7-5-4-6-8-14)11-15(27)25(16)12-29-13(2)26/h4-8,21H,3,9-12H2,1-2H3,(H2,20,22,23). The molecule has 0 saturated carbocycles. The van der Waals surface area contributed by atoms with Crippen LogP contribution in [0.4, 0.5) is 17.3 Å². The minimum atomic E-state index is -3.24. The number of anilines is 3. The van der Waals surface area contributed by atoms with E-state index >= 15 is 0 Å². The Bertz CT molecular complexity index is 1060. The third kappa shape index (κ3) is 4.51. The molecule has 160 valence electrons. The van der Waals surface area contributed by atoms with E-state index in [0.29, 0.717) is 13.0 Å². The number of fused-ring (bicyclic) bond motifs is 1. The maximum atomic E-state index is 12.8. The minimum absolute atomic E-state index is 0.0496. The van der Waals surface area contributed by atoms with Gasteiger partial charge in [-0.2, -0.15) is 4.98 Å². The molecular formula is C19H24N6O4S. The second-order valence-electron chi connectivity index (χ2n) is 6.87. The predicted molar refractivity (Wildman–Crippen MR) is 112 cm³/mol. The van der Waals surface area contributed by atoms with Crippen molar-refractivity contribution in [2.75, 3.05) is 34.6 Å². The number of nitrogens with zero attached hydrogens (tertiary/aromatic N) is 4. The molecule has 1 unspecified atom stereocenters. The molecule has 10 nitrogen and oxygen atoms in total. The molecule has 1 amide bonds. The Hall–Kier alpha value is -3.21. The van der Waals surface area contributed by atoms with Crippen molar-refractivity contribution in [1.29, 1.82) is 4.78 Å². The highest BCUT2D eigenvalue weighted by Crippen LogP contribution is 2.37. The Morgan fingerprint density at radius 1 is 1.30 bits per heavy atom. The molecule has 0 saturated heterocycles. The van der Waals surface area contributed by atoms with E-state index in [2.05, 4.69) is 9.97 Å². The molecule has 1 aliphatic rings. The highest BCUT2D eigenvalue weighted by atomic mass is 32.2. The van der Waals surface area contributed by atoms with Crippen LogP contribution in [0, 0.1) is 4.78 Å². The average Bonchev–Trinajstić information content (AvgIpc) is 2.68. The fraction of sp³-hybridized carbons (Fsp3) is 0.368. The van der Waals surface area contributed by atoms with Crippen molar-refractivity contribution in [3.63, 3.8) is 0 Å². The lowest BCUT2D eigenvalue weighted by molar-refractivity contribution is -0.141. The van der Waals surface area contributed by atoms with Crippen molar-refractivity contribution in [2.24, 2.45) is 0 Å². The van der Waals surface area contributed by atoms with Crippen LogP contribution in [0.1, 0.15) is 25.8 Å². The number of carbonyl (C=O) groups is 2. The number of ether oxygens (including phenoxy) is 1. The fourth-order valence-electron chi connectivity index (χ4n) is 3.12. The normalized spacial score (nSPS) is 15.5. The number of aromatic nitrogens is 2. The number of nitrogen functional groups attached to an aromatic ring is 1. The molecule has 3 N–H and O–H groups in total. The van der Waals surface area contributed by atoms with Gasteiger partial charge in [-0.15, -0.1) is 0 Å². The number of rotatable bonds is 7. The summed E-state index contributed by atoms with van der Waals surface area (Å²) in [4.78, 5) is 35.4. The lowest BCUT2D eigenvalue weighted by atomic mass is 10.2. The number of nitrogens with two attached hydrogens (primary N) is 1. The number of benzene rings is 1. The lowest BCUT2D eigenvalue weighted by Crippen LogP contribution is -2.47. The summed E-state index contributed by atoms with van der Waals surface area (Å²) in [6.45, 7) is 3.02. The van der Waals surface area contributed by atoms with Gasteiger partial charge >= 0.3 is 5.97 Å². The third-order valence-corrected chi connectivity index (χ3v) is 6.22. The Morgan fingerprint density at radius 3 is 2.63 bits per heavy atom. The van der Waals surface area contributed by atoms with E-state index in [1.165, 1.54) is 11.8 Å². The number of hydrogen-bond acceptors (Lipinski definition) is 9. The summed E-state index contributed by atoms with van der Waals surface area (Å²) in [7, 11) is -3.24. The Morgan fingerprint density at radius 2 is 2.00 bits per heavy atom. The summed E-state index contributed by atoms with van der Waals surface area (Å²) < 4.78 is 25.9. The van der Waals surface area contributed by atoms with Crippen molar-refractivity contribution >= 4 is 38.9 Å². The van der Waals surface area contributed by atoms with Gasteiger partial charge in [0.05, 0.1) is 6.54 Å². The first-order chi connectivity index (χ1) is 14.2. The van der Waals surface area contributed by atoms with Gasteiger partial charge < -0.3 is 15.4 Å². The lowest BCUT2D eigenvalue weighted by Gasteiger charge is -2.36. The maximum absolute atomic E-state index is 12.8. The smallest absolute Gasteiger partial charge is 0.304 e. The largest absolute Gasteiger partial charge is 0.444 e. The fourth-order valence-corrected chi connectivity index (χ4v) is 4.36. The molecule has 0 bridgehead atoms. The summed E-state index contributed by atoms with van der Waals surface area (Å²) >= 11 is 0. The Balaban J connectivity index is 2.10. The molecule has 0 radical (unpaired) electrons. The van der Waals surface area contributed by atoms with Gasteiger partial charge in [-0.05, 0) is 12.0 Å². The molecule has 0 spiro atoms. The van der Waals surface area contributed by atoms with Crippen LogP contribution in [0.15, 0.2) is 35.5 Å². The highest BCUT2D eigenvalue weighted by molar-refractivity contribution is 7.92. The quantitative estimate of drug-likeness (QED) is 0.498. The van der Waals surface area contributed by atoms with E-state index in [1.54, 1.807) is 4.90 Å². The molecule has 1 aromatic heterocycles. The van der Waals surface area contributed by atoms with Gasteiger partial charge in [-0.25, -0.2) is 14.0 Å². The minimum Gasteiger partial charge on any atom is -0.444 e. The Kier molecular flexibility index (Phi) is 6.20. The van der Waals surface area contributed by atoms with E-state index in [-0.39, 0.29) is 47.4 Å². The number of carbonyl (C=O) groups excluding carboxylic acids is 2. The van der Waals surface area contributed by atoms with E-state index in [9.17, 15) is 13.8 Å². The number of hydrogen-bond donors (Lipinski definition) is 2. The topological polar surface area (TPSA) is 143 Å². The van der Waals surface area contributed by atoms with Gasteiger partial charge in [0.25, 0.3) is 0 Å². The van der Waals surface area contributed by atoms with Crippen LogP contribution < -0.4 is 15.5 Å². The van der Waals surface area contributed by atoms with Gasteiger partial charge in [0.1, 0.15) is 15.4 Å². The van der Waals surface area contributed by atoms with Crippen molar-refractivity contribution < 1.29 is 18.5 Å². The third-order valence-electron chi connectivity index (χ3n) is 4.47. The summed E-state index contributed by atoms with van der Waals surface area (Å²) in [6.07, 6.45) is 0.521. The SMILES string of the molecule is CCCS(=N)(=O)c1nc(N)c2c(n1)N(Cc1ccccc1)CC(=O)N2COC(C)=O.